The molecule has 1 amide bonds. The Hall–Kier alpha value is -2.57. The maximum atomic E-state index is 11.8. The molecular weight excluding hydrogens is 326 g/mol. The zero-order valence-corrected chi connectivity index (χ0v) is 15.3. The maximum Gasteiger partial charge on any atom is 0.408 e. The highest BCUT2D eigenvalue weighted by atomic mass is 16.6. The quantitative estimate of drug-likeness (QED) is 0.600. The summed E-state index contributed by atoms with van der Waals surface area (Å²) < 4.78 is 15.4. The van der Waals surface area contributed by atoms with Crippen molar-refractivity contribution in [1.29, 1.82) is 0 Å². The van der Waals surface area contributed by atoms with Gasteiger partial charge < -0.3 is 19.5 Å². The second kappa shape index (κ2) is 9.05. The van der Waals surface area contributed by atoms with E-state index in [1.807, 2.05) is 0 Å². The number of benzene rings is 1. The molecule has 0 heterocycles. The van der Waals surface area contributed by atoms with Crippen LogP contribution in [0.15, 0.2) is 24.3 Å². The summed E-state index contributed by atoms with van der Waals surface area (Å²) in [7, 11) is 1.24. The number of rotatable bonds is 7. The molecule has 0 fully saturated rings. The van der Waals surface area contributed by atoms with Crippen LogP contribution in [0.2, 0.25) is 0 Å². The van der Waals surface area contributed by atoms with E-state index in [0.29, 0.717) is 11.3 Å². The van der Waals surface area contributed by atoms with Gasteiger partial charge >= 0.3 is 12.1 Å². The molecule has 0 aliphatic heterocycles. The molecule has 0 saturated carbocycles. The number of alkyl carbamates (subject to hydrolysis) is 1. The Kier molecular flexibility index (Phi) is 7.42. The first-order valence-corrected chi connectivity index (χ1v) is 7.93. The van der Waals surface area contributed by atoms with E-state index in [4.69, 9.17) is 9.47 Å². The molecule has 1 rings (SSSR count). The van der Waals surface area contributed by atoms with Gasteiger partial charge in [0.05, 0.1) is 13.7 Å². The number of ether oxygens (including phenoxy) is 3. The standard InChI is InChI=1S/C18H25NO6/c1-12(20)13-6-8-14(9-7-13)24-11-10-15(16(21)23-5)19-17(22)25-18(2,3)4/h6-9,15H,10-11H2,1-5H3,(H,19,22)/t15-/m0/s1. The Bertz CT molecular complexity index is 603. The van der Waals surface area contributed by atoms with Crippen molar-refractivity contribution in [2.75, 3.05) is 13.7 Å². The zero-order valence-electron chi connectivity index (χ0n) is 15.3. The van der Waals surface area contributed by atoms with Gasteiger partial charge in [-0.1, -0.05) is 0 Å². The highest BCUT2D eigenvalue weighted by molar-refractivity contribution is 5.94. The molecule has 7 heteroatoms. The Morgan fingerprint density at radius 3 is 2.20 bits per heavy atom. The molecule has 0 bridgehead atoms. The van der Waals surface area contributed by atoms with E-state index in [0.717, 1.165) is 0 Å². The molecule has 1 aromatic rings. The number of hydrogen-bond donors (Lipinski definition) is 1. The van der Waals surface area contributed by atoms with Gasteiger partial charge in [0.15, 0.2) is 5.78 Å². The number of carbonyl (C=O) groups is 3. The predicted octanol–water partition coefficient (Wildman–Crippen LogP) is 2.72. The second-order valence-corrected chi connectivity index (χ2v) is 6.44. The Morgan fingerprint density at radius 2 is 1.72 bits per heavy atom. The van der Waals surface area contributed by atoms with Crippen molar-refractivity contribution >= 4 is 17.8 Å². The molecule has 1 aromatic carbocycles. The van der Waals surface area contributed by atoms with Gasteiger partial charge in [0.25, 0.3) is 0 Å². The van der Waals surface area contributed by atoms with E-state index in [2.05, 4.69) is 10.1 Å². The highest BCUT2D eigenvalue weighted by Gasteiger charge is 2.25. The minimum absolute atomic E-state index is 0.0288. The summed E-state index contributed by atoms with van der Waals surface area (Å²) in [6, 6.07) is 5.79. The second-order valence-electron chi connectivity index (χ2n) is 6.44. The minimum Gasteiger partial charge on any atom is -0.494 e. The molecule has 0 saturated heterocycles. The summed E-state index contributed by atoms with van der Waals surface area (Å²) in [5, 5.41) is 2.47. The molecular formula is C18H25NO6. The molecule has 1 atom stereocenters. The van der Waals surface area contributed by atoms with E-state index in [9.17, 15) is 14.4 Å². The van der Waals surface area contributed by atoms with Crippen molar-refractivity contribution in [3.8, 4) is 5.75 Å². The van der Waals surface area contributed by atoms with Crippen LogP contribution in [-0.4, -0.2) is 43.2 Å². The molecule has 0 spiro atoms. The van der Waals surface area contributed by atoms with Crippen LogP contribution in [0.3, 0.4) is 0 Å². The van der Waals surface area contributed by atoms with Crippen LogP contribution in [0.4, 0.5) is 4.79 Å². The molecule has 0 aromatic heterocycles. The predicted molar refractivity (Wildman–Crippen MR) is 91.7 cm³/mol. The Morgan fingerprint density at radius 1 is 1.12 bits per heavy atom. The topological polar surface area (TPSA) is 90.9 Å². The number of nitrogens with one attached hydrogen (secondary N) is 1. The molecule has 0 unspecified atom stereocenters. The van der Waals surface area contributed by atoms with Crippen molar-refractivity contribution in [1.82, 2.24) is 5.32 Å². The minimum atomic E-state index is -0.878. The fraction of sp³-hybridized carbons (Fsp3) is 0.500. The number of amides is 1. The fourth-order valence-corrected chi connectivity index (χ4v) is 1.92. The third kappa shape index (κ3) is 7.69. The van der Waals surface area contributed by atoms with Gasteiger partial charge in [0.1, 0.15) is 17.4 Å². The maximum absolute atomic E-state index is 11.8. The van der Waals surface area contributed by atoms with Crippen LogP contribution >= 0.6 is 0 Å². The molecule has 0 aliphatic carbocycles. The van der Waals surface area contributed by atoms with Gasteiger partial charge in [-0.2, -0.15) is 0 Å². The van der Waals surface area contributed by atoms with Crippen LogP contribution in [0.5, 0.6) is 5.75 Å². The first-order valence-electron chi connectivity index (χ1n) is 7.93. The van der Waals surface area contributed by atoms with Crippen LogP contribution in [0.25, 0.3) is 0 Å². The molecule has 0 radical (unpaired) electrons. The fourth-order valence-electron chi connectivity index (χ4n) is 1.92. The summed E-state index contributed by atoms with van der Waals surface area (Å²) in [6.45, 7) is 6.85. The lowest BCUT2D eigenvalue weighted by atomic mass is 10.1. The normalized spacial score (nSPS) is 12.0. The van der Waals surface area contributed by atoms with Crippen LogP contribution < -0.4 is 10.1 Å². The number of methoxy groups -OCH3 is 1. The van der Waals surface area contributed by atoms with Crippen LogP contribution in [0.1, 0.15) is 44.5 Å². The Labute approximate surface area is 147 Å². The third-order valence-corrected chi connectivity index (χ3v) is 3.11. The van der Waals surface area contributed by atoms with Crippen molar-refractivity contribution in [3.05, 3.63) is 29.8 Å². The number of Topliss-reactive ketones (excluding diaryl/α,β-unsaturated/α-hetero) is 1. The van der Waals surface area contributed by atoms with Crippen molar-refractivity contribution < 1.29 is 28.6 Å². The highest BCUT2D eigenvalue weighted by Crippen LogP contribution is 2.13. The number of carbonyl (C=O) groups excluding carboxylic acids is 3. The van der Waals surface area contributed by atoms with Gasteiger partial charge in [-0.25, -0.2) is 9.59 Å². The first kappa shape index (κ1) is 20.5. The number of ketones is 1. The van der Waals surface area contributed by atoms with Gasteiger partial charge in [-0.3, -0.25) is 4.79 Å². The monoisotopic (exact) mass is 351 g/mol. The SMILES string of the molecule is COC(=O)[C@H](CCOc1ccc(C(C)=O)cc1)NC(=O)OC(C)(C)C. The zero-order chi connectivity index (χ0) is 19.0. The molecule has 0 aliphatic rings. The van der Waals surface area contributed by atoms with Gasteiger partial charge in [-0.15, -0.1) is 0 Å². The molecule has 138 valence electrons. The average Bonchev–Trinajstić information content (AvgIpc) is 2.51. The molecule has 1 N–H and O–H groups in total. The number of esters is 1. The Balaban J connectivity index is 2.57. The number of hydrogen-bond acceptors (Lipinski definition) is 6. The third-order valence-electron chi connectivity index (χ3n) is 3.11. The van der Waals surface area contributed by atoms with E-state index < -0.39 is 23.7 Å². The van der Waals surface area contributed by atoms with Crippen molar-refractivity contribution in [2.24, 2.45) is 0 Å². The van der Waals surface area contributed by atoms with Gasteiger partial charge in [0, 0.05) is 12.0 Å². The van der Waals surface area contributed by atoms with E-state index >= 15 is 0 Å². The van der Waals surface area contributed by atoms with E-state index in [-0.39, 0.29) is 18.8 Å². The summed E-state index contributed by atoms with van der Waals surface area (Å²) in [5.41, 5.74) is -0.0777. The lowest BCUT2D eigenvalue weighted by Crippen LogP contribution is -2.44. The van der Waals surface area contributed by atoms with Crippen LogP contribution in [0, 0.1) is 0 Å². The van der Waals surface area contributed by atoms with E-state index in [1.165, 1.54) is 14.0 Å². The summed E-state index contributed by atoms with van der Waals surface area (Å²) in [5.74, 6) is -0.0499. The lowest BCUT2D eigenvalue weighted by molar-refractivity contribution is -0.143. The van der Waals surface area contributed by atoms with Crippen molar-refractivity contribution in [2.45, 2.75) is 45.8 Å². The molecule has 25 heavy (non-hydrogen) atoms. The average molecular weight is 351 g/mol. The van der Waals surface area contributed by atoms with Gasteiger partial charge in [-0.05, 0) is 52.0 Å². The first-order chi connectivity index (χ1) is 11.6. The summed E-state index contributed by atoms with van der Waals surface area (Å²) in [6.07, 6.45) is -0.492. The van der Waals surface area contributed by atoms with Crippen molar-refractivity contribution in [3.63, 3.8) is 0 Å². The largest absolute Gasteiger partial charge is 0.494 e. The summed E-state index contributed by atoms with van der Waals surface area (Å²) in [4.78, 5) is 34.8. The lowest BCUT2D eigenvalue weighted by Gasteiger charge is -2.22. The smallest absolute Gasteiger partial charge is 0.408 e. The van der Waals surface area contributed by atoms with Crippen LogP contribution in [-0.2, 0) is 14.3 Å². The molecule has 7 nitrogen and oxygen atoms in total. The van der Waals surface area contributed by atoms with Gasteiger partial charge in [0.2, 0.25) is 0 Å². The van der Waals surface area contributed by atoms with E-state index in [1.54, 1.807) is 45.0 Å². The summed E-state index contributed by atoms with van der Waals surface area (Å²) >= 11 is 0.